The number of aromatic nitrogens is 1. The van der Waals surface area contributed by atoms with E-state index >= 15 is 0 Å². The van der Waals surface area contributed by atoms with Gasteiger partial charge in [-0.3, -0.25) is 14.5 Å². The van der Waals surface area contributed by atoms with Crippen LogP contribution in [-0.2, 0) is 4.79 Å². The molecule has 1 aromatic carbocycles. The molecule has 0 spiro atoms. The number of carbonyl (C=O) groups is 2. The molecule has 0 bridgehead atoms. The molecule has 0 radical (unpaired) electrons. The van der Waals surface area contributed by atoms with Crippen molar-refractivity contribution in [3.63, 3.8) is 0 Å². The molecule has 1 N–H and O–H groups in total. The van der Waals surface area contributed by atoms with Crippen LogP contribution in [0.5, 0.6) is 5.75 Å². The highest BCUT2D eigenvalue weighted by atomic mass is 16.5. The summed E-state index contributed by atoms with van der Waals surface area (Å²) >= 11 is 0. The van der Waals surface area contributed by atoms with Crippen LogP contribution >= 0.6 is 0 Å². The lowest BCUT2D eigenvalue weighted by molar-refractivity contribution is -0.121. The molecular weight excluding hydrogens is 356 g/mol. The maximum atomic E-state index is 12.9. The maximum absolute atomic E-state index is 12.9. The summed E-state index contributed by atoms with van der Waals surface area (Å²) in [5.41, 5.74) is 1.19. The first-order chi connectivity index (χ1) is 13.6. The fourth-order valence-electron chi connectivity index (χ4n) is 3.25. The van der Waals surface area contributed by atoms with Crippen molar-refractivity contribution in [2.24, 2.45) is 0 Å². The van der Waals surface area contributed by atoms with Gasteiger partial charge in [0.25, 0.3) is 5.91 Å². The van der Waals surface area contributed by atoms with Crippen LogP contribution in [0.15, 0.2) is 30.3 Å². The molecule has 1 fully saturated rings. The number of amides is 2. The van der Waals surface area contributed by atoms with E-state index in [0.717, 1.165) is 29.6 Å². The SMILES string of the molecule is C#CCNC(=O)CN1CCCN(C(=O)c2ccc3cc(OC)ccc3n2)CC1. The van der Waals surface area contributed by atoms with Crippen LogP contribution in [-0.4, -0.2) is 73.0 Å². The molecular formula is C21H24N4O3. The minimum atomic E-state index is -0.0932. The number of carbonyl (C=O) groups excluding carboxylic acids is 2. The Morgan fingerprint density at radius 3 is 2.86 bits per heavy atom. The van der Waals surface area contributed by atoms with Crippen molar-refractivity contribution >= 4 is 22.7 Å². The summed E-state index contributed by atoms with van der Waals surface area (Å²) in [4.78, 5) is 33.1. The van der Waals surface area contributed by atoms with E-state index in [1.54, 1.807) is 18.1 Å². The molecule has 2 aromatic rings. The Bertz CT molecular complexity index is 906. The van der Waals surface area contributed by atoms with Crippen LogP contribution in [0, 0.1) is 12.3 Å². The first kappa shape index (κ1) is 19.6. The minimum Gasteiger partial charge on any atom is -0.497 e. The lowest BCUT2D eigenvalue weighted by atomic mass is 10.2. The number of nitrogens with one attached hydrogen (secondary N) is 1. The number of terminal acetylenes is 1. The van der Waals surface area contributed by atoms with Crippen molar-refractivity contribution < 1.29 is 14.3 Å². The van der Waals surface area contributed by atoms with Gasteiger partial charge in [-0.2, -0.15) is 0 Å². The quantitative estimate of drug-likeness (QED) is 0.788. The normalized spacial score (nSPS) is 14.9. The smallest absolute Gasteiger partial charge is 0.272 e. The predicted octanol–water partition coefficient (Wildman–Crippen LogP) is 1.14. The molecule has 1 aliphatic rings. The van der Waals surface area contributed by atoms with Gasteiger partial charge in [-0.1, -0.05) is 12.0 Å². The van der Waals surface area contributed by atoms with Gasteiger partial charge >= 0.3 is 0 Å². The number of nitrogens with zero attached hydrogens (tertiary/aromatic N) is 3. The molecule has 0 atom stereocenters. The fourth-order valence-corrected chi connectivity index (χ4v) is 3.25. The summed E-state index contributed by atoms with van der Waals surface area (Å²) in [6, 6.07) is 9.21. The largest absolute Gasteiger partial charge is 0.497 e. The molecule has 146 valence electrons. The molecule has 3 rings (SSSR count). The topological polar surface area (TPSA) is 74.8 Å². The Labute approximate surface area is 164 Å². The third kappa shape index (κ3) is 4.78. The van der Waals surface area contributed by atoms with Gasteiger partial charge in [0, 0.05) is 31.6 Å². The van der Waals surface area contributed by atoms with Gasteiger partial charge in [0.05, 0.1) is 25.7 Å². The highest BCUT2D eigenvalue weighted by molar-refractivity contribution is 5.95. The molecule has 7 heteroatoms. The summed E-state index contributed by atoms with van der Waals surface area (Å²) < 4.78 is 5.22. The van der Waals surface area contributed by atoms with E-state index in [4.69, 9.17) is 11.2 Å². The Morgan fingerprint density at radius 1 is 1.21 bits per heavy atom. The average Bonchev–Trinajstić information content (AvgIpc) is 2.96. The molecule has 0 saturated carbocycles. The zero-order valence-corrected chi connectivity index (χ0v) is 16.0. The second kappa shape index (κ2) is 9.20. The maximum Gasteiger partial charge on any atom is 0.272 e. The average molecular weight is 380 g/mol. The van der Waals surface area contributed by atoms with E-state index in [9.17, 15) is 9.59 Å². The van der Waals surface area contributed by atoms with Gasteiger partial charge in [-0.25, -0.2) is 4.98 Å². The predicted molar refractivity (Wildman–Crippen MR) is 107 cm³/mol. The van der Waals surface area contributed by atoms with Crippen molar-refractivity contribution in [2.45, 2.75) is 6.42 Å². The van der Waals surface area contributed by atoms with E-state index in [1.165, 1.54) is 0 Å². The summed E-state index contributed by atoms with van der Waals surface area (Å²) in [6.07, 6.45) is 5.96. The number of ether oxygens (including phenoxy) is 1. The monoisotopic (exact) mass is 380 g/mol. The van der Waals surface area contributed by atoms with E-state index in [1.807, 2.05) is 29.2 Å². The van der Waals surface area contributed by atoms with Gasteiger partial charge in [-0.05, 0) is 30.7 Å². The van der Waals surface area contributed by atoms with Crippen LogP contribution < -0.4 is 10.1 Å². The summed E-state index contributed by atoms with van der Waals surface area (Å²) in [6.45, 7) is 3.13. The van der Waals surface area contributed by atoms with Gasteiger partial charge < -0.3 is 15.0 Å². The lowest BCUT2D eigenvalue weighted by Gasteiger charge is -2.21. The number of methoxy groups -OCH3 is 1. The third-order valence-electron chi connectivity index (χ3n) is 4.75. The summed E-state index contributed by atoms with van der Waals surface area (Å²) in [7, 11) is 1.62. The first-order valence-electron chi connectivity index (χ1n) is 9.27. The molecule has 1 saturated heterocycles. The van der Waals surface area contributed by atoms with Crippen molar-refractivity contribution in [3.05, 3.63) is 36.0 Å². The molecule has 1 aromatic heterocycles. The Morgan fingerprint density at radius 2 is 2.07 bits per heavy atom. The third-order valence-corrected chi connectivity index (χ3v) is 4.75. The summed E-state index contributed by atoms with van der Waals surface area (Å²) in [5.74, 6) is 2.97. The highest BCUT2D eigenvalue weighted by Gasteiger charge is 2.22. The van der Waals surface area contributed by atoms with Crippen LogP contribution in [0.3, 0.4) is 0 Å². The highest BCUT2D eigenvalue weighted by Crippen LogP contribution is 2.20. The van der Waals surface area contributed by atoms with Crippen LogP contribution in [0.4, 0.5) is 0 Å². The van der Waals surface area contributed by atoms with E-state index < -0.39 is 0 Å². The van der Waals surface area contributed by atoms with Crippen LogP contribution in [0.2, 0.25) is 0 Å². The zero-order chi connectivity index (χ0) is 19.9. The molecule has 0 aliphatic carbocycles. The number of benzene rings is 1. The molecule has 28 heavy (non-hydrogen) atoms. The first-order valence-corrected chi connectivity index (χ1v) is 9.27. The van der Waals surface area contributed by atoms with Crippen molar-refractivity contribution in [3.8, 4) is 18.1 Å². The lowest BCUT2D eigenvalue weighted by Crippen LogP contribution is -2.40. The van der Waals surface area contributed by atoms with E-state index in [0.29, 0.717) is 31.9 Å². The number of fused-ring (bicyclic) bond motifs is 1. The zero-order valence-electron chi connectivity index (χ0n) is 16.0. The number of hydrogen-bond acceptors (Lipinski definition) is 5. The number of rotatable bonds is 5. The van der Waals surface area contributed by atoms with Gasteiger partial charge in [0.1, 0.15) is 11.4 Å². The van der Waals surface area contributed by atoms with Crippen molar-refractivity contribution in [2.75, 3.05) is 46.4 Å². The molecule has 2 amide bonds. The molecule has 7 nitrogen and oxygen atoms in total. The Kier molecular flexibility index (Phi) is 6.45. The second-order valence-corrected chi connectivity index (χ2v) is 6.66. The summed E-state index contributed by atoms with van der Waals surface area (Å²) in [5, 5.41) is 3.60. The van der Waals surface area contributed by atoms with Crippen LogP contribution in [0.25, 0.3) is 10.9 Å². The molecule has 1 aliphatic heterocycles. The van der Waals surface area contributed by atoms with Crippen LogP contribution in [0.1, 0.15) is 16.9 Å². The van der Waals surface area contributed by atoms with Gasteiger partial charge in [0.15, 0.2) is 0 Å². The Balaban J connectivity index is 1.64. The second-order valence-electron chi connectivity index (χ2n) is 6.66. The Hall–Kier alpha value is -3.11. The van der Waals surface area contributed by atoms with E-state index in [2.05, 4.69) is 16.2 Å². The van der Waals surface area contributed by atoms with Gasteiger partial charge in [-0.15, -0.1) is 6.42 Å². The van der Waals surface area contributed by atoms with E-state index in [-0.39, 0.29) is 18.4 Å². The number of hydrogen-bond donors (Lipinski definition) is 1. The number of pyridine rings is 1. The van der Waals surface area contributed by atoms with Crippen molar-refractivity contribution in [1.82, 2.24) is 20.1 Å². The van der Waals surface area contributed by atoms with Crippen molar-refractivity contribution in [1.29, 1.82) is 0 Å². The fraction of sp³-hybridized carbons (Fsp3) is 0.381. The van der Waals surface area contributed by atoms with Gasteiger partial charge in [0.2, 0.25) is 5.91 Å². The minimum absolute atomic E-state index is 0.0867. The molecule has 2 heterocycles. The molecule has 0 unspecified atom stereocenters. The standard InChI is InChI=1S/C21H24N4O3/c1-3-9-22-20(26)15-24-10-4-11-25(13-12-24)21(27)19-7-5-16-14-17(28-2)6-8-18(16)23-19/h1,5-8,14H,4,9-13,15H2,2H3,(H,22,26).